The van der Waals surface area contributed by atoms with E-state index in [2.05, 4.69) is 82.3 Å². The minimum atomic E-state index is -0.108. The monoisotopic (exact) mass is 1130 g/mol. The van der Waals surface area contributed by atoms with Gasteiger partial charge in [-0.15, -0.1) is 0 Å². The highest BCUT2D eigenvalue weighted by atomic mass is 19.0. The Labute approximate surface area is 479 Å². The lowest BCUT2D eigenvalue weighted by Gasteiger charge is -2.29. The van der Waals surface area contributed by atoms with Crippen LogP contribution in [0.25, 0.3) is 22.3 Å². The summed E-state index contributed by atoms with van der Waals surface area (Å²) in [6.07, 6.45) is 10.4. The first-order valence-corrected chi connectivity index (χ1v) is 29.2. The SMILES string of the molecule is C.CC(=O)c1nc(NC2CCC(C)CC2)nc(O[C@@H]2CCOC2)c1-c1ccc(N2CCOCC2)cc1.CC(C)N1CCOCC1.CC1CCC(Nc2nc(OC=O)c(-c3ccc(N4CCOCC4)cc3)c(O[C@@H]3CCOC3)n2)CC1.F. The van der Waals surface area contributed by atoms with Gasteiger partial charge in [0.15, 0.2) is 5.78 Å². The summed E-state index contributed by atoms with van der Waals surface area (Å²) in [6, 6.07) is 17.6. The molecule has 7 fully saturated rings. The molecule has 19 nitrogen and oxygen atoms in total. The van der Waals surface area contributed by atoms with Crippen LogP contribution in [-0.4, -0.2) is 173 Å². The highest BCUT2D eigenvalue weighted by molar-refractivity contribution is 6.00. The number of ether oxygens (including phenoxy) is 8. The molecule has 0 amide bonds. The third kappa shape index (κ3) is 17.9. The standard InChI is InChI=1S/C27H36N4O4.C26H34N4O5.C7H15NO.CH4.FH/c1-18-3-7-21(8-4-18)28-27-29-25(19(2)32)24(26(30-27)35-23-11-14-34-17-23)20-5-9-22(10-6-20)31-12-15-33-16-13-31;1-18-2-6-20(7-3-18)27-26-28-24(34-17-31)23(25(29-26)35-22-10-13-33-16-22)19-4-8-21(9-5-19)30-11-14-32-15-12-30;1-7(2)8-3-5-9-6-4-8;;/h5-6,9-10,18,21,23H,3-4,7-8,11-17H2,1-2H3,(H,28,29,30);4-5,8-9,17-18,20,22H,2-3,6-7,10-16H2,1H3,(H,27,28,29);7H,3-6H2,1-2H3;1H4;1H/t18?,21?,23-;18?,20?,22-;;;/m11.../s1. The maximum atomic E-state index is 12.8. The molecule has 11 rings (SSSR count). The first-order valence-electron chi connectivity index (χ1n) is 29.2. The second-order valence-electron chi connectivity index (χ2n) is 22.3. The predicted molar refractivity (Wildman–Crippen MR) is 314 cm³/mol. The fourth-order valence-corrected chi connectivity index (χ4v) is 11.2. The summed E-state index contributed by atoms with van der Waals surface area (Å²) in [5.74, 6) is 3.33. The first kappa shape index (κ1) is 62.8. The summed E-state index contributed by atoms with van der Waals surface area (Å²) in [5, 5.41) is 6.94. The number of Topliss-reactive ketones (excluding diaryl/α,β-unsaturated/α-hetero) is 1. The Kier molecular flexibility index (Phi) is 24.5. The maximum Gasteiger partial charge on any atom is 0.299 e. The van der Waals surface area contributed by atoms with Gasteiger partial charge in [-0.1, -0.05) is 45.5 Å². The molecule has 7 heterocycles. The number of morpholine rings is 3. The molecule has 0 spiro atoms. The number of hydrogen-bond acceptors (Lipinski definition) is 19. The molecule has 2 aromatic carbocycles. The minimum Gasteiger partial charge on any atom is -0.471 e. The zero-order chi connectivity index (χ0) is 54.9. The summed E-state index contributed by atoms with van der Waals surface area (Å²) in [5.41, 5.74) is 5.57. The lowest BCUT2D eigenvalue weighted by atomic mass is 9.87. The van der Waals surface area contributed by atoms with Crippen molar-refractivity contribution in [2.45, 2.75) is 137 Å². The molecule has 81 heavy (non-hydrogen) atoms. The Morgan fingerprint density at radius 2 is 0.963 bits per heavy atom. The fraction of sp³-hybridized carbons (Fsp3) is 0.639. The van der Waals surface area contributed by atoms with Crippen molar-refractivity contribution >= 4 is 35.5 Å². The number of aromatic nitrogens is 4. The molecular weight excluding hydrogens is 1040 g/mol. The van der Waals surface area contributed by atoms with Crippen LogP contribution in [0, 0.1) is 11.8 Å². The van der Waals surface area contributed by atoms with Crippen molar-refractivity contribution in [2.75, 3.05) is 126 Å². The Morgan fingerprint density at radius 3 is 1.36 bits per heavy atom. The molecule has 2 N–H and O–H groups in total. The van der Waals surface area contributed by atoms with Crippen LogP contribution in [0.5, 0.6) is 17.6 Å². The van der Waals surface area contributed by atoms with Gasteiger partial charge in [0.2, 0.25) is 29.5 Å². The number of rotatable bonds is 16. The number of hydrogen-bond donors (Lipinski definition) is 2. The summed E-state index contributed by atoms with van der Waals surface area (Å²) in [7, 11) is 0. The number of ketones is 1. The Morgan fingerprint density at radius 1 is 0.556 bits per heavy atom. The molecule has 446 valence electrons. The Bertz CT molecular complexity index is 2520. The van der Waals surface area contributed by atoms with Gasteiger partial charge in [-0.2, -0.15) is 15.0 Å². The molecule has 0 bridgehead atoms. The third-order valence-electron chi connectivity index (χ3n) is 16.1. The van der Waals surface area contributed by atoms with Gasteiger partial charge in [-0.3, -0.25) is 19.2 Å². The van der Waals surface area contributed by atoms with Gasteiger partial charge >= 0.3 is 0 Å². The van der Waals surface area contributed by atoms with E-state index in [4.69, 9.17) is 52.8 Å². The molecule has 5 aliphatic heterocycles. The van der Waals surface area contributed by atoms with E-state index in [1.165, 1.54) is 25.7 Å². The summed E-state index contributed by atoms with van der Waals surface area (Å²) in [4.78, 5) is 50.1. The molecule has 5 saturated heterocycles. The van der Waals surface area contributed by atoms with Crippen LogP contribution in [0.4, 0.5) is 28.0 Å². The number of carbonyl (C=O) groups excluding carboxylic acids is 2. The second kappa shape index (κ2) is 31.6. The predicted octanol–water partition coefficient (Wildman–Crippen LogP) is 9.53. The number of anilines is 4. The quantitative estimate of drug-likeness (QED) is 0.0795. The summed E-state index contributed by atoms with van der Waals surface area (Å²) >= 11 is 0. The number of carbonyl (C=O) groups is 2. The van der Waals surface area contributed by atoms with Crippen LogP contribution in [0.15, 0.2) is 48.5 Å². The van der Waals surface area contributed by atoms with Gasteiger partial charge in [0, 0.05) is 88.5 Å². The summed E-state index contributed by atoms with van der Waals surface area (Å²) in [6.45, 7) is 23.8. The molecule has 2 aromatic heterocycles. The van der Waals surface area contributed by atoms with Gasteiger partial charge in [0.25, 0.3) is 6.47 Å². The van der Waals surface area contributed by atoms with Gasteiger partial charge in [0.1, 0.15) is 23.5 Å². The van der Waals surface area contributed by atoms with Crippen molar-refractivity contribution < 1.29 is 52.2 Å². The van der Waals surface area contributed by atoms with Gasteiger partial charge < -0.3 is 58.3 Å². The number of halogens is 1. The van der Waals surface area contributed by atoms with Crippen molar-refractivity contribution in [2.24, 2.45) is 11.8 Å². The van der Waals surface area contributed by atoms with Crippen molar-refractivity contribution in [1.29, 1.82) is 0 Å². The molecule has 0 unspecified atom stereocenters. The first-order chi connectivity index (χ1) is 38.6. The normalized spacial score (nSPS) is 24.0. The third-order valence-corrected chi connectivity index (χ3v) is 16.1. The van der Waals surface area contributed by atoms with Crippen LogP contribution in [0.3, 0.4) is 0 Å². The van der Waals surface area contributed by atoms with Crippen molar-refractivity contribution in [3.63, 3.8) is 0 Å². The molecule has 4 aromatic rings. The van der Waals surface area contributed by atoms with Gasteiger partial charge in [0.05, 0.1) is 71.6 Å². The largest absolute Gasteiger partial charge is 0.471 e. The lowest BCUT2D eigenvalue weighted by Crippen LogP contribution is -2.40. The van der Waals surface area contributed by atoms with E-state index in [0.717, 1.165) is 152 Å². The van der Waals surface area contributed by atoms with E-state index in [-0.39, 0.29) is 42.0 Å². The van der Waals surface area contributed by atoms with Crippen LogP contribution < -0.4 is 34.6 Å². The van der Waals surface area contributed by atoms with Crippen LogP contribution in [0.1, 0.15) is 117 Å². The van der Waals surface area contributed by atoms with Crippen LogP contribution in [0.2, 0.25) is 0 Å². The van der Waals surface area contributed by atoms with E-state index < -0.39 is 0 Å². The topological polar surface area (TPSA) is 193 Å². The smallest absolute Gasteiger partial charge is 0.299 e. The highest BCUT2D eigenvalue weighted by Crippen LogP contribution is 2.40. The molecule has 2 aliphatic carbocycles. The van der Waals surface area contributed by atoms with Gasteiger partial charge in [-0.25, -0.2) is 4.98 Å². The summed E-state index contributed by atoms with van der Waals surface area (Å²) < 4.78 is 45.2. The zero-order valence-corrected chi connectivity index (χ0v) is 47.7. The number of nitrogens with one attached hydrogen (secondary N) is 2. The molecular formula is C61H90FN9O10. The van der Waals surface area contributed by atoms with E-state index >= 15 is 0 Å². The minimum absolute atomic E-state index is 0. The highest BCUT2D eigenvalue weighted by Gasteiger charge is 2.29. The van der Waals surface area contributed by atoms with Crippen LogP contribution >= 0.6 is 0 Å². The Hall–Kier alpha value is -5.77. The van der Waals surface area contributed by atoms with Crippen LogP contribution in [-0.2, 0) is 28.5 Å². The molecule has 7 aliphatic rings. The number of benzene rings is 2. The van der Waals surface area contributed by atoms with E-state index in [0.29, 0.717) is 85.5 Å². The van der Waals surface area contributed by atoms with E-state index in [9.17, 15) is 9.59 Å². The molecule has 2 atom stereocenters. The lowest BCUT2D eigenvalue weighted by molar-refractivity contribution is -0.120. The average Bonchev–Trinajstić information content (AvgIpc) is 4.26. The number of nitrogens with zero attached hydrogens (tertiary/aromatic N) is 7. The van der Waals surface area contributed by atoms with E-state index in [1.807, 2.05) is 24.3 Å². The van der Waals surface area contributed by atoms with Crippen molar-refractivity contribution in [1.82, 2.24) is 24.8 Å². The fourth-order valence-electron chi connectivity index (χ4n) is 11.2. The van der Waals surface area contributed by atoms with Gasteiger partial charge in [-0.05, 0) is 112 Å². The molecule has 0 radical (unpaired) electrons. The Balaban J connectivity index is 0.000000198. The van der Waals surface area contributed by atoms with E-state index in [1.54, 1.807) is 6.92 Å². The molecule has 20 heteroatoms. The average molecular weight is 1130 g/mol. The second-order valence-corrected chi connectivity index (χ2v) is 22.3. The molecule has 2 saturated carbocycles. The zero-order valence-electron chi connectivity index (χ0n) is 47.7. The maximum absolute atomic E-state index is 12.8. The van der Waals surface area contributed by atoms with Crippen molar-refractivity contribution in [3.05, 3.63) is 54.2 Å². The van der Waals surface area contributed by atoms with Crippen molar-refractivity contribution in [3.8, 4) is 39.9 Å².